The van der Waals surface area contributed by atoms with Gasteiger partial charge in [0, 0.05) is 11.6 Å². The summed E-state index contributed by atoms with van der Waals surface area (Å²) in [6.45, 7) is 2.79. The average molecular weight is 288 g/mol. The standard InChI is InChI=1S/C18H28N2O/c1-14(16-6-4-2-3-5-7-16)20-18(21)17-10-8-15(9-11-17)12-13-19/h8-11,14,16H,2-7,12-13,19H2,1H3,(H,20,21)/t14-/m0/s1. The summed E-state index contributed by atoms with van der Waals surface area (Å²) in [4.78, 5) is 12.3. The summed E-state index contributed by atoms with van der Waals surface area (Å²) in [5, 5.41) is 3.18. The highest BCUT2D eigenvalue weighted by atomic mass is 16.1. The van der Waals surface area contributed by atoms with E-state index in [1.54, 1.807) is 0 Å². The number of carbonyl (C=O) groups excluding carboxylic acids is 1. The van der Waals surface area contributed by atoms with E-state index in [0.29, 0.717) is 12.5 Å². The quantitative estimate of drug-likeness (QED) is 0.817. The van der Waals surface area contributed by atoms with Gasteiger partial charge in [0.05, 0.1) is 0 Å². The van der Waals surface area contributed by atoms with Crippen molar-refractivity contribution in [3.05, 3.63) is 35.4 Å². The van der Waals surface area contributed by atoms with Crippen molar-refractivity contribution in [2.24, 2.45) is 11.7 Å². The number of carbonyl (C=O) groups is 1. The summed E-state index contributed by atoms with van der Waals surface area (Å²) in [6, 6.07) is 8.07. The first-order valence-electron chi connectivity index (χ1n) is 8.30. The van der Waals surface area contributed by atoms with Crippen LogP contribution in [-0.2, 0) is 6.42 Å². The molecule has 0 aromatic heterocycles. The molecule has 1 atom stereocenters. The number of nitrogens with one attached hydrogen (secondary N) is 1. The van der Waals surface area contributed by atoms with Gasteiger partial charge in [-0.15, -0.1) is 0 Å². The van der Waals surface area contributed by atoms with Crippen molar-refractivity contribution in [2.75, 3.05) is 6.54 Å². The van der Waals surface area contributed by atoms with Crippen molar-refractivity contribution < 1.29 is 4.79 Å². The monoisotopic (exact) mass is 288 g/mol. The van der Waals surface area contributed by atoms with Crippen LogP contribution in [0.5, 0.6) is 0 Å². The largest absolute Gasteiger partial charge is 0.349 e. The van der Waals surface area contributed by atoms with Gasteiger partial charge in [0.25, 0.3) is 5.91 Å². The van der Waals surface area contributed by atoms with E-state index in [2.05, 4.69) is 12.2 Å². The summed E-state index contributed by atoms with van der Waals surface area (Å²) in [5.74, 6) is 0.680. The van der Waals surface area contributed by atoms with Crippen LogP contribution in [0.15, 0.2) is 24.3 Å². The third kappa shape index (κ3) is 4.85. The highest BCUT2D eigenvalue weighted by Crippen LogP contribution is 2.25. The molecule has 0 radical (unpaired) electrons. The third-order valence-electron chi connectivity index (χ3n) is 4.61. The minimum absolute atomic E-state index is 0.0473. The van der Waals surface area contributed by atoms with Gasteiger partial charge in [0.15, 0.2) is 0 Å². The average Bonchev–Trinajstić information content (AvgIpc) is 2.77. The Labute approximate surface area is 128 Å². The van der Waals surface area contributed by atoms with Gasteiger partial charge < -0.3 is 11.1 Å². The molecule has 0 unspecified atom stereocenters. The van der Waals surface area contributed by atoms with Crippen molar-refractivity contribution in [1.82, 2.24) is 5.32 Å². The number of amides is 1. The van der Waals surface area contributed by atoms with E-state index in [4.69, 9.17) is 5.73 Å². The Morgan fingerprint density at radius 2 is 1.81 bits per heavy atom. The fourth-order valence-corrected chi connectivity index (χ4v) is 3.21. The topological polar surface area (TPSA) is 55.1 Å². The highest BCUT2D eigenvalue weighted by Gasteiger charge is 2.20. The molecule has 0 spiro atoms. The minimum Gasteiger partial charge on any atom is -0.349 e. The first kappa shape index (κ1) is 16.0. The van der Waals surface area contributed by atoms with E-state index < -0.39 is 0 Å². The van der Waals surface area contributed by atoms with E-state index in [0.717, 1.165) is 12.0 Å². The molecule has 1 aromatic carbocycles. The smallest absolute Gasteiger partial charge is 0.251 e. The molecule has 0 aliphatic heterocycles. The highest BCUT2D eigenvalue weighted by molar-refractivity contribution is 5.94. The lowest BCUT2D eigenvalue weighted by molar-refractivity contribution is 0.0924. The molecule has 1 aromatic rings. The molecule has 1 saturated carbocycles. The second-order valence-corrected chi connectivity index (χ2v) is 6.25. The molecule has 0 heterocycles. The van der Waals surface area contributed by atoms with Crippen LogP contribution in [0, 0.1) is 5.92 Å². The van der Waals surface area contributed by atoms with Gasteiger partial charge in [0.1, 0.15) is 0 Å². The SMILES string of the molecule is C[C@H](NC(=O)c1ccc(CCN)cc1)C1CCCCCC1. The summed E-state index contributed by atoms with van der Waals surface area (Å²) >= 11 is 0. The van der Waals surface area contributed by atoms with Crippen LogP contribution < -0.4 is 11.1 Å². The van der Waals surface area contributed by atoms with Crippen LogP contribution in [0.25, 0.3) is 0 Å². The van der Waals surface area contributed by atoms with Crippen LogP contribution in [0.4, 0.5) is 0 Å². The molecule has 21 heavy (non-hydrogen) atoms. The maximum Gasteiger partial charge on any atom is 0.251 e. The second kappa shape index (κ2) is 8.18. The molecule has 3 nitrogen and oxygen atoms in total. The zero-order valence-corrected chi connectivity index (χ0v) is 13.1. The minimum atomic E-state index is 0.0473. The molecule has 1 fully saturated rings. The number of benzene rings is 1. The predicted octanol–water partition coefficient (Wildman–Crippen LogP) is 3.28. The molecular weight excluding hydrogens is 260 g/mol. The first-order valence-corrected chi connectivity index (χ1v) is 8.30. The first-order chi connectivity index (χ1) is 10.2. The number of hydrogen-bond acceptors (Lipinski definition) is 2. The van der Waals surface area contributed by atoms with Crippen molar-refractivity contribution in [3.63, 3.8) is 0 Å². The van der Waals surface area contributed by atoms with Crippen LogP contribution in [0.1, 0.15) is 61.4 Å². The van der Waals surface area contributed by atoms with Crippen molar-refractivity contribution in [3.8, 4) is 0 Å². The van der Waals surface area contributed by atoms with Gasteiger partial charge in [-0.05, 0) is 56.3 Å². The summed E-state index contributed by atoms with van der Waals surface area (Å²) < 4.78 is 0. The third-order valence-corrected chi connectivity index (χ3v) is 4.61. The van der Waals surface area contributed by atoms with Crippen LogP contribution >= 0.6 is 0 Å². The summed E-state index contributed by atoms with van der Waals surface area (Å²) in [6.07, 6.45) is 8.66. The second-order valence-electron chi connectivity index (χ2n) is 6.25. The molecule has 2 rings (SSSR count). The van der Waals surface area contributed by atoms with Crippen LogP contribution in [-0.4, -0.2) is 18.5 Å². The number of rotatable bonds is 5. The summed E-state index contributed by atoms with van der Waals surface area (Å²) in [7, 11) is 0. The Morgan fingerprint density at radius 1 is 1.19 bits per heavy atom. The van der Waals surface area contributed by atoms with E-state index in [9.17, 15) is 4.79 Å². The van der Waals surface area contributed by atoms with Crippen molar-refractivity contribution in [2.45, 2.75) is 57.9 Å². The lowest BCUT2D eigenvalue weighted by Gasteiger charge is -2.23. The molecule has 1 aliphatic rings. The fourth-order valence-electron chi connectivity index (χ4n) is 3.21. The molecule has 3 N–H and O–H groups in total. The molecule has 1 aliphatic carbocycles. The van der Waals surface area contributed by atoms with E-state index in [1.807, 2.05) is 24.3 Å². The summed E-state index contributed by atoms with van der Waals surface area (Å²) in [5.41, 5.74) is 7.47. The zero-order valence-electron chi connectivity index (χ0n) is 13.1. The Bertz CT molecular complexity index is 433. The van der Waals surface area contributed by atoms with Gasteiger partial charge in [-0.25, -0.2) is 0 Å². The maximum atomic E-state index is 12.3. The van der Waals surface area contributed by atoms with Crippen LogP contribution in [0.3, 0.4) is 0 Å². The van der Waals surface area contributed by atoms with Crippen molar-refractivity contribution in [1.29, 1.82) is 0 Å². The Hall–Kier alpha value is -1.35. The lowest BCUT2D eigenvalue weighted by Crippen LogP contribution is -2.38. The van der Waals surface area contributed by atoms with Gasteiger partial charge in [-0.2, -0.15) is 0 Å². The molecule has 1 amide bonds. The van der Waals surface area contributed by atoms with Gasteiger partial charge in [-0.1, -0.05) is 37.8 Å². The van der Waals surface area contributed by atoms with E-state index in [1.165, 1.54) is 44.1 Å². The fraction of sp³-hybridized carbons (Fsp3) is 0.611. The zero-order chi connectivity index (χ0) is 15.1. The maximum absolute atomic E-state index is 12.3. The number of nitrogens with two attached hydrogens (primary N) is 1. The predicted molar refractivity (Wildman–Crippen MR) is 87.3 cm³/mol. The number of hydrogen-bond donors (Lipinski definition) is 2. The van der Waals surface area contributed by atoms with E-state index in [-0.39, 0.29) is 11.9 Å². The Balaban J connectivity index is 1.90. The normalized spacial score (nSPS) is 18.0. The molecular formula is C18H28N2O. The molecule has 116 valence electrons. The van der Waals surface area contributed by atoms with Gasteiger partial charge >= 0.3 is 0 Å². The molecule has 3 heteroatoms. The van der Waals surface area contributed by atoms with Crippen LogP contribution in [0.2, 0.25) is 0 Å². The van der Waals surface area contributed by atoms with E-state index >= 15 is 0 Å². The van der Waals surface area contributed by atoms with Gasteiger partial charge in [0.2, 0.25) is 0 Å². The van der Waals surface area contributed by atoms with Crippen molar-refractivity contribution >= 4 is 5.91 Å². The molecule has 0 bridgehead atoms. The van der Waals surface area contributed by atoms with Gasteiger partial charge in [-0.3, -0.25) is 4.79 Å². The molecule has 0 saturated heterocycles. The lowest BCUT2D eigenvalue weighted by atomic mass is 9.93. The Kier molecular flexibility index (Phi) is 6.24. The Morgan fingerprint density at radius 3 is 2.38 bits per heavy atom.